The molecule has 4 N–H and O–H groups in total. The fourth-order valence-corrected chi connectivity index (χ4v) is 5.05. The van der Waals surface area contributed by atoms with Gasteiger partial charge in [-0.2, -0.15) is 0 Å². The summed E-state index contributed by atoms with van der Waals surface area (Å²) in [5.74, 6) is 0.447. The first kappa shape index (κ1) is 27.1. The molecule has 1 unspecified atom stereocenters. The number of nitrogen functional groups attached to an aromatic ring is 1. The van der Waals surface area contributed by atoms with E-state index in [0.717, 1.165) is 20.9 Å². The van der Waals surface area contributed by atoms with Crippen LogP contribution in [0.4, 0.5) is 21.6 Å². The Kier molecular flexibility index (Phi) is 8.21. The minimum Gasteiger partial charge on any atom is -0.399 e. The SMILES string of the molecule is CC(C)c1ccc2c(Nc3cc(C(=O)NC(CF)c4ccccc4)ccc3Sc3ccc(N)cc3)ncnc2n1. The number of fused-ring (bicyclic) bond motifs is 1. The Balaban J connectivity index is 1.50. The highest BCUT2D eigenvalue weighted by Crippen LogP contribution is 2.37. The van der Waals surface area contributed by atoms with Crippen LogP contribution in [0.3, 0.4) is 0 Å². The molecular formula is C31H29FN6OS. The van der Waals surface area contributed by atoms with Gasteiger partial charge in [0.1, 0.15) is 18.8 Å². The van der Waals surface area contributed by atoms with E-state index in [-0.39, 0.29) is 11.8 Å². The van der Waals surface area contributed by atoms with Gasteiger partial charge in [-0.05, 0) is 66.1 Å². The van der Waals surface area contributed by atoms with E-state index in [1.165, 1.54) is 18.1 Å². The topological polar surface area (TPSA) is 106 Å². The van der Waals surface area contributed by atoms with Crippen molar-refractivity contribution in [1.29, 1.82) is 0 Å². The quantitative estimate of drug-likeness (QED) is 0.168. The number of amides is 1. The number of rotatable bonds is 9. The molecule has 9 heteroatoms. The van der Waals surface area contributed by atoms with Crippen LogP contribution in [0.1, 0.15) is 47.4 Å². The Morgan fingerprint density at radius 3 is 2.48 bits per heavy atom. The number of carbonyl (C=O) groups excluding carboxylic acids is 1. The number of benzene rings is 3. The number of nitrogens with two attached hydrogens (primary N) is 1. The molecule has 0 bridgehead atoms. The molecule has 0 fully saturated rings. The minimum atomic E-state index is -0.749. The lowest BCUT2D eigenvalue weighted by molar-refractivity contribution is 0.0929. The Morgan fingerprint density at radius 1 is 0.975 bits per heavy atom. The maximum atomic E-state index is 13.9. The minimum absolute atomic E-state index is 0.262. The molecule has 3 aromatic carbocycles. The predicted octanol–water partition coefficient (Wildman–Crippen LogP) is 7.07. The zero-order valence-corrected chi connectivity index (χ0v) is 23.0. The number of halogens is 1. The summed E-state index contributed by atoms with van der Waals surface area (Å²) in [5, 5.41) is 6.97. The lowest BCUT2D eigenvalue weighted by Gasteiger charge is -2.18. The second-order valence-electron chi connectivity index (χ2n) is 9.58. The van der Waals surface area contributed by atoms with E-state index in [9.17, 15) is 9.18 Å². The summed E-state index contributed by atoms with van der Waals surface area (Å²) in [6.07, 6.45) is 1.47. The molecule has 202 valence electrons. The first-order valence-corrected chi connectivity index (χ1v) is 13.7. The number of carbonyl (C=O) groups is 1. The van der Waals surface area contributed by atoms with E-state index in [2.05, 4.69) is 39.4 Å². The van der Waals surface area contributed by atoms with E-state index in [0.29, 0.717) is 34.0 Å². The molecule has 0 spiro atoms. The van der Waals surface area contributed by atoms with Crippen molar-refractivity contribution in [3.8, 4) is 0 Å². The number of anilines is 3. The third kappa shape index (κ3) is 6.21. The highest BCUT2D eigenvalue weighted by Gasteiger charge is 2.18. The van der Waals surface area contributed by atoms with Crippen molar-refractivity contribution in [1.82, 2.24) is 20.3 Å². The zero-order chi connectivity index (χ0) is 28.1. The highest BCUT2D eigenvalue weighted by molar-refractivity contribution is 7.99. The number of hydrogen-bond donors (Lipinski definition) is 3. The second kappa shape index (κ2) is 12.1. The van der Waals surface area contributed by atoms with Gasteiger partial charge in [-0.25, -0.2) is 19.3 Å². The average Bonchev–Trinajstić information content (AvgIpc) is 2.98. The smallest absolute Gasteiger partial charge is 0.251 e. The Bertz CT molecular complexity index is 1630. The van der Waals surface area contributed by atoms with Crippen molar-refractivity contribution in [3.63, 3.8) is 0 Å². The summed E-state index contributed by atoms with van der Waals surface area (Å²) in [5.41, 5.74) is 9.82. The summed E-state index contributed by atoms with van der Waals surface area (Å²) in [4.78, 5) is 28.6. The van der Waals surface area contributed by atoms with Crippen LogP contribution in [-0.4, -0.2) is 27.5 Å². The largest absolute Gasteiger partial charge is 0.399 e. The molecule has 40 heavy (non-hydrogen) atoms. The second-order valence-corrected chi connectivity index (χ2v) is 10.7. The summed E-state index contributed by atoms with van der Waals surface area (Å²) in [6.45, 7) is 3.44. The summed E-state index contributed by atoms with van der Waals surface area (Å²) in [7, 11) is 0. The van der Waals surface area contributed by atoms with Crippen molar-refractivity contribution < 1.29 is 9.18 Å². The van der Waals surface area contributed by atoms with Gasteiger partial charge in [0.15, 0.2) is 5.65 Å². The fourth-order valence-electron chi connectivity index (χ4n) is 4.16. The van der Waals surface area contributed by atoms with Crippen LogP contribution in [0, 0.1) is 0 Å². The average molecular weight is 553 g/mol. The predicted molar refractivity (Wildman–Crippen MR) is 159 cm³/mol. The van der Waals surface area contributed by atoms with Crippen LogP contribution < -0.4 is 16.4 Å². The van der Waals surface area contributed by atoms with Crippen molar-refractivity contribution in [3.05, 3.63) is 108 Å². The van der Waals surface area contributed by atoms with Gasteiger partial charge in [0.25, 0.3) is 5.91 Å². The molecule has 1 atom stereocenters. The lowest BCUT2D eigenvalue weighted by Crippen LogP contribution is -2.29. The van der Waals surface area contributed by atoms with E-state index in [4.69, 9.17) is 5.73 Å². The van der Waals surface area contributed by atoms with E-state index in [1.807, 2.05) is 60.7 Å². The zero-order valence-electron chi connectivity index (χ0n) is 22.1. The number of alkyl halides is 1. The molecule has 2 heterocycles. The van der Waals surface area contributed by atoms with Crippen molar-refractivity contribution >= 4 is 45.9 Å². The van der Waals surface area contributed by atoms with Gasteiger partial charge in [0, 0.05) is 26.7 Å². The standard InChI is InChI=1S/C31H29FN6OS/c1-19(2)25-14-13-24-29(36-25)34-18-35-30(24)37-26-16-21(8-15-28(26)40-23-11-9-22(33)10-12-23)31(39)38-27(17-32)20-6-4-3-5-7-20/h3-16,18-19,27H,17,33H2,1-2H3,(H,38,39)(H,34,35,36,37). The molecular weight excluding hydrogens is 523 g/mol. The van der Waals surface area contributed by atoms with Gasteiger partial charge in [-0.1, -0.05) is 55.9 Å². The van der Waals surface area contributed by atoms with Crippen LogP contribution >= 0.6 is 11.8 Å². The molecule has 0 radical (unpaired) electrons. The summed E-state index contributed by atoms with van der Waals surface area (Å²) < 4.78 is 13.9. The fraction of sp³-hybridized carbons (Fsp3) is 0.161. The molecule has 5 rings (SSSR count). The molecule has 0 aliphatic heterocycles. The van der Waals surface area contributed by atoms with Crippen LogP contribution in [0.25, 0.3) is 11.0 Å². The van der Waals surface area contributed by atoms with Crippen LogP contribution in [0.5, 0.6) is 0 Å². The van der Waals surface area contributed by atoms with Gasteiger partial charge < -0.3 is 16.4 Å². The van der Waals surface area contributed by atoms with E-state index >= 15 is 0 Å². The third-order valence-electron chi connectivity index (χ3n) is 6.37. The van der Waals surface area contributed by atoms with Crippen LogP contribution in [0.15, 0.2) is 101 Å². The van der Waals surface area contributed by atoms with Gasteiger partial charge in [0.05, 0.1) is 17.1 Å². The third-order valence-corrected chi connectivity index (χ3v) is 7.46. The molecule has 0 saturated carbocycles. The number of pyridine rings is 1. The molecule has 1 amide bonds. The molecule has 7 nitrogen and oxygen atoms in total. The van der Waals surface area contributed by atoms with Gasteiger partial charge in [0.2, 0.25) is 0 Å². The van der Waals surface area contributed by atoms with Gasteiger partial charge in [-0.3, -0.25) is 4.79 Å². The maximum Gasteiger partial charge on any atom is 0.251 e. The summed E-state index contributed by atoms with van der Waals surface area (Å²) >= 11 is 1.52. The van der Waals surface area contributed by atoms with E-state index < -0.39 is 12.7 Å². The lowest BCUT2D eigenvalue weighted by atomic mass is 10.1. The first-order chi connectivity index (χ1) is 19.4. The molecule has 2 aromatic heterocycles. The number of hydrogen-bond acceptors (Lipinski definition) is 7. The number of aromatic nitrogens is 3. The van der Waals surface area contributed by atoms with Crippen molar-refractivity contribution in [2.45, 2.75) is 35.6 Å². The first-order valence-electron chi connectivity index (χ1n) is 12.9. The molecule has 0 aliphatic rings. The maximum absolute atomic E-state index is 13.9. The van der Waals surface area contributed by atoms with Gasteiger partial charge >= 0.3 is 0 Å². The van der Waals surface area contributed by atoms with Crippen LogP contribution in [0.2, 0.25) is 0 Å². The normalized spacial score (nSPS) is 11.9. The Morgan fingerprint density at radius 2 is 1.75 bits per heavy atom. The Hall–Kier alpha value is -4.50. The summed E-state index contributed by atoms with van der Waals surface area (Å²) in [6, 6.07) is 25.2. The highest BCUT2D eigenvalue weighted by atomic mass is 32.2. The van der Waals surface area contributed by atoms with Crippen LogP contribution in [-0.2, 0) is 0 Å². The molecule has 0 aliphatic carbocycles. The Labute approximate surface area is 236 Å². The van der Waals surface area contributed by atoms with Crippen molar-refractivity contribution in [2.75, 3.05) is 17.7 Å². The van der Waals surface area contributed by atoms with E-state index in [1.54, 1.807) is 24.3 Å². The number of nitrogens with zero attached hydrogens (tertiary/aromatic N) is 3. The monoisotopic (exact) mass is 552 g/mol. The molecule has 5 aromatic rings. The number of nitrogens with one attached hydrogen (secondary N) is 2. The van der Waals surface area contributed by atoms with Gasteiger partial charge in [-0.15, -0.1) is 0 Å². The van der Waals surface area contributed by atoms with Crippen molar-refractivity contribution in [2.24, 2.45) is 0 Å². The molecule has 0 saturated heterocycles.